The number of benzene rings is 1. The predicted octanol–water partition coefficient (Wildman–Crippen LogP) is 1.03. The third-order valence-electron chi connectivity index (χ3n) is 2.15. The molecule has 0 fully saturated rings. The quantitative estimate of drug-likeness (QED) is 0.730. The molecule has 16 heavy (non-hydrogen) atoms. The first-order valence-corrected chi connectivity index (χ1v) is 4.90. The fourth-order valence-electron chi connectivity index (χ4n) is 1.32. The average Bonchev–Trinajstić information content (AvgIpc) is 2.35. The standard InChI is InChI=1S/C12H15NO3/c1-3-12(15)13-8-10(14)9-6-4-5-7-11(9)16-2/h3-7,10,14H,1,8H2,2H3,(H,13,15)/t10-/m0/s1. The number of amides is 1. The summed E-state index contributed by atoms with van der Waals surface area (Å²) in [6, 6.07) is 7.13. The molecule has 1 aromatic rings. The van der Waals surface area contributed by atoms with Gasteiger partial charge in [0.25, 0.3) is 0 Å². The highest BCUT2D eigenvalue weighted by atomic mass is 16.5. The maximum atomic E-state index is 10.9. The number of para-hydroxylation sites is 1. The average molecular weight is 221 g/mol. The molecule has 1 atom stereocenters. The van der Waals surface area contributed by atoms with E-state index in [1.54, 1.807) is 18.2 Å². The molecule has 0 saturated carbocycles. The SMILES string of the molecule is C=CC(=O)NC[C@H](O)c1ccccc1OC. The number of methoxy groups -OCH3 is 1. The molecule has 0 heterocycles. The van der Waals surface area contributed by atoms with Crippen LogP contribution in [0.15, 0.2) is 36.9 Å². The molecule has 4 nitrogen and oxygen atoms in total. The van der Waals surface area contributed by atoms with E-state index in [9.17, 15) is 9.90 Å². The third-order valence-corrected chi connectivity index (χ3v) is 2.15. The molecule has 0 aliphatic carbocycles. The van der Waals surface area contributed by atoms with Gasteiger partial charge in [0.1, 0.15) is 5.75 Å². The Bertz CT molecular complexity index is 376. The van der Waals surface area contributed by atoms with Crippen molar-refractivity contribution in [3.05, 3.63) is 42.5 Å². The normalized spacial score (nSPS) is 11.6. The zero-order valence-electron chi connectivity index (χ0n) is 9.14. The Balaban J connectivity index is 2.68. The Morgan fingerprint density at radius 3 is 2.94 bits per heavy atom. The lowest BCUT2D eigenvalue weighted by Gasteiger charge is -2.14. The molecule has 1 amide bonds. The van der Waals surface area contributed by atoms with Gasteiger partial charge in [-0.05, 0) is 12.1 Å². The van der Waals surface area contributed by atoms with Gasteiger partial charge in [0, 0.05) is 12.1 Å². The number of aliphatic hydroxyl groups is 1. The van der Waals surface area contributed by atoms with Crippen molar-refractivity contribution in [2.24, 2.45) is 0 Å². The van der Waals surface area contributed by atoms with Gasteiger partial charge in [-0.15, -0.1) is 0 Å². The highest BCUT2D eigenvalue weighted by Crippen LogP contribution is 2.23. The van der Waals surface area contributed by atoms with Crippen molar-refractivity contribution < 1.29 is 14.6 Å². The molecule has 0 unspecified atom stereocenters. The van der Waals surface area contributed by atoms with Gasteiger partial charge in [-0.1, -0.05) is 24.8 Å². The molecule has 86 valence electrons. The zero-order valence-corrected chi connectivity index (χ0v) is 9.14. The summed E-state index contributed by atoms with van der Waals surface area (Å²) in [5.41, 5.74) is 0.648. The second-order valence-corrected chi connectivity index (χ2v) is 3.21. The fourth-order valence-corrected chi connectivity index (χ4v) is 1.32. The Labute approximate surface area is 94.6 Å². The number of nitrogens with one attached hydrogen (secondary N) is 1. The second-order valence-electron chi connectivity index (χ2n) is 3.21. The highest BCUT2D eigenvalue weighted by molar-refractivity contribution is 5.86. The van der Waals surface area contributed by atoms with Gasteiger partial charge in [-0.25, -0.2) is 0 Å². The van der Waals surface area contributed by atoms with E-state index in [2.05, 4.69) is 11.9 Å². The molecular weight excluding hydrogens is 206 g/mol. The van der Waals surface area contributed by atoms with Crippen LogP contribution in [-0.4, -0.2) is 24.7 Å². The molecule has 1 rings (SSSR count). The molecule has 1 aromatic carbocycles. The summed E-state index contributed by atoms with van der Waals surface area (Å²) in [5, 5.41) is 12.4. The number of rotatable bonds is 5. The predicted molar refractivity (Wildman–Crippen MR) is 61.2 cm³/mol. The van der Waals surface area contributed by atoms with Crippen LogP contribution in [-0.2, 0) is 4.79 Å². The lowest BCUT2D eigenvalue weighted by Crippen LogP contribution is -2.26. The largest absolute Gasteiger partial charge is 0.496 e. The summed E-state index contributed by atoms with van der Waals surface area (Å²) in [5.74, 6) is 0.289. The molecule has 0 aliphatic rings. The molecule has 2 N–H and O–H groups in total. The molecule has 0 radical (unpaired) electrons. The molecule has 0 bridgehead atoms. The summed E-state index contributed by atoms with van der Waals surface area (Å²) < 4.78 is 5.11. The molecule has 0 saturated heterocycles. The van der Waals surface area contributed by atoms with Gasteiger partial charge in [0.15, 0.2) is 0 Å². The van der Waals surface area contributed by atoms with E-state index in [1.807, 2.05) is 6.07 Å². The van der Waals surface area contributed by atoms with Crippen molar-refractivity contribution in [3.8, 4) is 5.75 Å². The van der Waals surface area contributed by atoms with Crippen LogP contribution in [0.1, 0.15) is 11.7 Å². The zero-order chi connectivity index (χ0) is 12.0. The van der Waals surface area contributed by atoms with Crippen LogP contribution in [0.5, 0.6) is 5.75 Å². The van der Waals surface area contributed by atoms with Crippen molar-refractivity contribution in [3.63, 3.8) is 0 Å². The van der Waals surface area contributed by atoms with Crippen molar-refractivity contribution in [1.29, 1.82) is 0 Å². The highest BCUT2D eigenvalue weighted by Gasteiger charge is 2.12. The summed E-state index contributed by atoms with van der Waals surface area (Å²) in [6.45, 7) is 3.46. The summed E-state index contributed by atoms with van der Waals surface area (Å²) >= 11 is 0. The van der Waals surface area contributed by atoms with Gasteiger partial charge < -0.3 is 15.2 Å². The van der Waals surface area contributed by atoms with Crippen LogP contribution >= 0.6 is 0 Å². The van der Waals surface area contributed by atoms with Crippen molar-refractivity contribution in [2.75, 3.05) is 13.7 Å². The lowest BCUT2D eigenvalue weighted by molar-refractivity contribution is -0.116. The van der Waals surface area contributed by atoms with Gasteiger partial charge in [-0.3, -0.25) is 4.79 Å². The Hall–Kier alpha value is -1.81. The monoisotopic (exact) mass is 221 g/mol. The maximum absolute atomic E-state index is 10.9. The number of carbonyl (C=O) groups is 1. The van der Waals surface area contributed by atoms with Gasteiger partial charge in [-0.2, -0.15) is 0 Å². The molecule has 0 spiro atoms. The van der Waals surface area contributed by atoms with Crippen LogP contribution in [0, 0.1) is 0 Å². The molecule has 4 heteroatoms. The van der Waals surface area contributed by atoms with Gasteiger partial charge in [0.2, 0.25) is 5.91 Å². The minimum Gasteiger partial charge on any atom is -0.496 e. The number of aliphatic hydroxyl groups excluding tert-OH is 1. The maximum Gasteiger partial charge on any atom is 0.243 e. The number of hydrogen-bond donors (Lipinski definition) is 2. The first-order chi connectivity index (χ1) is 7.69. The molecular formula is C12H15NO3. The van der Waals surface area contributed by atoms with E-state index < -0.39 is 6.10 Å². The summed E-state index contributed by atoms with van der Waals surface area (Å²) in [7, 11) is 1.54. The van der Waals surface area contributed by atoms with E-state index >= 15 is 0 Å². The number of carbonyl (C=O) groups excluding carboxylic acids is 1. The fraction of sp³-hybridized carbons (Fsp3) is 0.250. The number of ether oxygens (including phenoxy) is 1. The van der Waals surface area contributed by atoms with Gasteiger partial charge in [0.05, 0.1) is 13.2 Å². The van der Waals surface area contributed by atoms with Crippen LogP contribution in [0.25, 0.3) is 0 Å². The molecule has 0 aliphatic heterocycles. The first-order valence-electron chi connectivity index (χ1n) is 4.90. The Morgan fingerprint density at radius 1 is 1.62 bits per heavy atom. The lowest BCUT2D eigenvalue weighted by atomic mass is 10.1. The first kappa shape index (κ1) is 12.3. The van der Waals surface area contributed by atoms with E-state index in [0.29, 0.717) is 11.3 Å². The van der Waals surface area contributed by atoms with Crippen LogP contribution < -0.4 is 10.1 Å². The summed E-state index contributed by atoms with van der Waals surface area (Å²) in [4.78, 5) is 10.9. The second kappa shape index (κ2) is 5.92. The summed E-state index contributed by atoms with van der Waals surface area (Å²) in [6.07, 6.45) is 0.370. The van der Waals surface area contributed by atoms with Crippen molar-refractivity contribution >= 4 is 5.91 Å². The Kier molecular flexibility index (Phi) is 4.54. The minimum absolute atomic E-state index is 0.130. The van der Waals surface area contributed by atoms with E-state index in [-0.39, 0.29) is 12.5 Å². The van der Waals surface area contributed by atoms with E-state index in [4.69, 9.17) is 4.74 Å². The topological polar surface area (TPSA) is 58.6 Å². The Morgan fingerprint density at radius 2 is 2.31 bits per heavy atom. The van der Waals surface area contributed by atoms with Gasteiger partial charge >= 0.3 is 0 Å². The van der Waals surface area contributed by atoms with Crippen LogP contribution in [0.3, 0.4) is 0 Å². The minimum atomic E-state index is -0.792. The third kappa shape index (κ3) is 3.10. The van der Waals surface area contributed by atoms with Crippen LogP contribution in [0.2, 0.25) is 0 Å². The number of hydrogen-bond acceptors (Lipinski definition) is 3. The smallest absolute Gasteiger partial charge is 0.243 e. The van der Waals surface area contributed by atoms with Crippen molar-refractivity contribution in [1.82, 2.24) is 5.32 Å². The van der Waals surface area contributed by atoms with E-state index in [0.717, 1.165) is 6.08 Å². The van der Waals surface area contributed by atoms with Crippen LogP contribution in [0.4, 0.5) is 0 Å². The molecule has 0 aromatic heterocycles. The van der Waals surface area contributed by atoms with Crippen molar-refractivity contribution in [2.45, 2.75) is 6.10 Å². The van der Waals surface area contributed by atoms with E-state index in [1.165, 1.54) is 7.11 Å².